The van der Waals surface area contributed by atoms with Gasteiger partial charge in [-0.05, 0) is 22.8 Å². The van der Waals surface area contributed by atoms with Crippen molar-refractivity contribution >= 4 is 5.65 Å². The molecule has 0 atom stereocenters. The molecule has 0 saturated heterocycles. The molecule has 2 aromatic carbocycles. The first-order valence-corrected chi connectivity index (χ1v) is 7.89. The van der Waals surface area contributed by atoms with Crippen molar-refractivity contribution in [2.75, 3.05) is 7.11 Å². The minimum absolute atomic E-state index is 0.302. The highest BCUT2D eigenvalue weighted by molar-refractivity contribution is 5.76. The van der Waals surface area contributed by atoms with Crippen molar-refractivity contribution in [1.82, 2.24) is 19.6 Å². The Morgan fingerprint density at radius 2 is 1.92 bits per heavy atom. The fraction of sp³-hybridized carbons (Fsp3) is 0.105. The van der Waals surface area contributed by atoms with E-state index in [-0.39, 0.29) is 5.69 Å². The Hall–Kier alpha value is -3.41. The SMILES string of the molecule is COc1ccccc1Cc1ccc(-c2cnn3c(=O)[nH]cnc23)cc1. The van der Waals surface area contributed by atoms with Gasteiger partial charge in [0.2, 0.25) is 0 Å². The van der Waals surface area contributed by atoms with Gasteiger partial charge in [-0.1, -0.05) is 42.5 Å². The Labute approximate surface area is 143 Å². The van der Waals surface area contributed by atoms with Gasteiger partial charge in [0.1, 0.15) is 5.75 Å². The predicted octanol–water partition coefficient (Wildman–Crippen LogP) is 2.68. The quantitative estimate of drug-likeness (QED) is 0.624. The normalized spacial score (nSPS) is 10.9. The molecule has 0 radical (unpaired) electrons. The van der Waals surface area contributed by atoms with Crippen molar-refractivity contribution in [2.24, 2.45) is 0 Å². The molecule has 0 aliphatic rings. The van der Waals surface area contributed by atoms with E-state index in [0.717, 1.165) is 28.9 Å². The van der Waals surface area contributed by atoms with Gasteiger partial charge in [-0.15, -0.1) is 0 Å². The second-order valence-electron chi connectivity index (χ2n) is 5.69. The zero-order chi connectivity index (χ0) is 17.2. The van der Waals surface area contributed by atoms with E-state index in [1.807, 2.05) is 30.3 Å². The number of benzene rings is 2. The van der Waals surface area contributed by atoms with Crippen LogP contribution in [0.3, 0.4) is 0 Å². The summed E-state index contributed by atoms with van der Waals surface area (Å²) in [4.78, 5) is 18.5. The molecule has 0 aliphatic heterocycles. The summed E-state index contributed by atoms with van der Waals surface area (Å²) in [5.74, 6) is 0.887. The summed E-state index contributed by atoms with van der Waals surface area (Å²) < 4.78 is 6.67. The number of rotatable bonds is 4. The summed E-state index contributed by atoms with van der Waals surface area (Å²) in [6.45, 7) is 0. The van der Waals surface area contributed by atoms with Crippen LogP contribution < -0.4 is 10.4 Å². The molecule has 0 amide bonds. The third-order valence-electron chi connectivity index (χ3n) is 4.16. The standard InChI is InChI=1S/C19H16N4O2/c1-25-17-5-3-2-4-15(17)10-13-6-8-14(9-7-13)16-11-22-23-18(16)20-12-21-19(23)24/h2-9,11-12H,10H2,1H3,(H,20,21,24). The first-order chi connectivity index (χ1) is 12.3. The summed E-state index contributed by atoms with van der Waals surface area (Å²) in [6.07, 6.45) is 3.84. The lowest BCUT2D eigenvalue weighted by Crippen LogP contribution is -2.17. The van der Waals surface area contributed by atoms with E-state index in [9.17, 15) is 4.79 Å². The minimum atomic E-state index is -0.302. The first-order valence-electron chi connectivity index (χ1n) is 7.89. The molecule has 0 bridgehead atoms. The van der Waals surface area contributed by atoms with E-state index in [1.165, 1.54) is 16.4 Å². The molecule has 0 saturated carbocycles. The number of hydrogen-bond donors (Lipinski definition) is 1. The summed E-state index contributed by atoms with van der Waals surface area (Å²) in [5.41, 5.74) is 4.36. The molecule has 4 aromatic rings. The van der Waals surface area contributed by atoms with E-state index in [0.29, 0.717) is 5.65 Å². The van der Waals surface area contributed by atoms with Crippen LogP contribution in [0.2, 0.25) is 0 Å². The third kappa shape index (κ3) is 2.78. The molecule has 0 aliphatic carbocycles. The van der Waals surface area contributed by atoms with E-state index in [1.54, 1.807) is 13.3 Å². The van der Waals surface area contributed by atoms with E-state index < -0.39 is 0 Å². The van der Waals surface area contributed by atoms with Gasteiger partial charge in [0, 0.05) is 12.0 Å². The number of H-pyrrole nitrogens is 1. The number of nitrogens with one attached hydrogen (secondary N) is 1. The van der Waals surface area contributed by atoms with Gasteiger partial charge in [0.05, 0.1) is 19.6 Å². The number of para-hydroxylation sites is 1. The van der Waals surface area contributed by atoms with Crippen molar-refractivity contribution in [3.05, 3.63) is 82.7 Å². The fourth-order valence-electron chi connectivity index (χ4n) is 2.90. The minimum Gasteiger partial charge on any atom is -0.496 e. The van der Waals surface area contributed by atoms with Crippen LogP contribution >= 0.6 is 0 Å². The van der Waals surface area contributed by atoms with Crippen LogP contribution in [0.5, 0.6) is 5.75 Å². The average molecular weight is 332 g/mol. The second-order valence-corrected chi connectivity index (χ2v) is 5.69. The molecule has 1 N–H and O–H groups in total. The lowest BCUT2D eigenvalue weighted by atomic mass is 10.0. The second kappa shape index (κ2) is 6.24. The maximum Gasteiger partial charge on any atom is 0.349 e. The summed E-state index contributed by atoms with van der Waals surface area (Å²) in [5, 5.41) is 4.10. The number of hydrogen-bond acceptors (Lipinski definition) is 4. The van der Waals surface area contributed by atoms with Crippen LogP contribution in [-0.2, 0) is 6.42 Å². The molecule has 25 heavy (non-hydrogen) atoms. The number of fused-ring (bicyclic) bond motifs is 1. The Morgan fingerprint density at radius 1 is 1.12 bits per heavy atom. The average Bonchev–Trinajstić information content (AvgIpc) is 3.08. The monoisotopic (exact) mass is 332 g/mol. The van der Waals surface area contributed by atoms with Gasteiger partial charge in [0.25, 0.3) is 0 Å². The van der Waals surface area contributed by atoms with Crippen molar-refractivity contribution in [2.45, 2.75) is 6.42 Å². The van der Waals surface area contributed by atoms with Crippen LogP contribution in [0, 0.1) is 0 Å². The maximum atomic E-state index is 11.7. The van der Waals surface area contributed by atoms with Crippen molar-refractivity contribution in [3.8, 4) is 16.9 Å². The number of aromatic amines is 1. The van der Waals surface area contributed by atoms with Gasteiger partial charge in [0.15, 0.2) is 5.65 Å². The Balaban J connectivity index is 1.66. The third-order valence-corrected chi connectivity index (χ3v) is 4.16. The van der Waals surface area contributed by atoms with Crippen LogP contribution in [0.25, 0.3) is 16.8 Å². The molecule has 2 heterocycles. The highest BCUT2D eigenvalue weighted by Crippen LogP contribution is 2.25. The number of methoxy groups -OCH3 is 1. The topological polar surface area (TPSA) is 72.3 Å². The molecule has 0 fully saturated rings. The van der Waals surface area contributed by atoms with Gasteiger partial charge in [-0.3, -0.25) is 4.98 Å². The molecule has 0 spiro atoms. The molecule has 2 aromatic heterocycles. The lowest BCUT2D eigenvalue weighted by molar-refractivity contribution is 0.410. The summed E-state index contributed by atoms with van der Waals surface area (Å²) in [7, 11) is 1.68. The van der Waals surface area contributed by atoms with Crippen LogP contribution in [0.1, 0.15) is 11.1 Å². The summed E-state index contributed by atoms with van der Waals surface area (Å²) in [6, 6.07) is 16.2. The molecule has 6 heteroatoms. The van der Waals surface area contributed by atoms with Gasteiger partial charge in [-0.25, -0.2) is 9.78 Å². The molecule has 124 valence electrons. The van der Waals surface area contributed by atoms with Gasteiger partial charge < -0.3 is 4.74 Å². The Kier molecular flexibility index (Phi) is 3.78. The zero-order valence-corrected chi connectivity index (χ0v) is 13.6. The van der Waals surface area contributed by atoms with Crippen LogP contribution in [-0.4, -0.2) is 26.7 Å². The number of nitrogens with zero attached hydrogens (tertiary/aromatic N) is 3. The highest BCUT2D eigenvalue weighted by Gasteiger charge is 2.10. The Morgan fingerprint density at radius 3 is 2.72 bits per heavy atom. The maximum absolute atomic E-state index is 11.7. The number of ether oxygens (including phenoxy) is 1. The molecular formula is C19H16N4O2. The number of aromatic nitrogens is 4. The summed E-state index contributed by atoms with van der Waals surface area (Å²) >= 11 is 0. The van der Waals surface area contributed by atoms with Crippen LogP contribution in [0.15, 0.2) is 65.8 Å². The molecular weight excluding hydrogens is 316 g/mol. The van der Waals surface area contributed by atoms with E-state index >= 15 is 0 Å². The first kappa shape index (κ1) is 15.1. The van der Waals surface area contributed by atoms with Gasteiger partial charge in [-0.2, -0.15) is 9.61 Å². The zero-order valence-electron chi connectivity index (χ0n) is 13.6. The smallest absolute Gasteiger partial charge is 0.349 e. The fourth-order valence-corrected chi connectivity index (χ4v) is 2.90. The van der Waals surface area contributed by atoms with Gasteiger partial charge >= 0.3 is 5.69 Å². The molecule has 4 rings (SSSR count). The van der Waals surface area contributed by atoms with Crippen molar-refractivity contribution in [1.29, 1.82) is 0 Å². The Bertz CT molecular complexity index is 1080. The predicted molar refractivity (Wildman–Crippen MR) is 94.8 cm³/mol. The van der Waals surface area contributed by atoms with Crippen molar-refractivity contribution < 1.29 is 4.74 Å². The molecule has 6 nitrogen and oxygen atoms in total. The van der Waals surface area contributed by atoms with Crippen molar-refractivity contribution in [3.63, 3.8) is 0 Å². The van der Waals surface area contributed by atoms with E-state index in [4.69, 9.17) is 4.74 Å². The highest BCUT2D eigenvalue weighted by atomic mass is 16.5. The van der Waals surface area contributed by atoms with Crippen LogP contribution in [0.4, 0.5) is 0 Å². The lowest BCUT2D eigenvalue weighted by Gasteiger charge is -2.08. The van der Waals surface area contributed by atoms with E-state index in [2.05, 4.69) is 33.3 Å². The molecule has 0 unspecified atom stereocenters. The largest absolute Gasteiger partial charge is 0.496 e.